The van der Waals surface area contributed by atoms with Crippen molar-refractivity contribution in [2.24, 2.45) is 0 Å². The van der Waals surface area contributed by atoms with E-state index in [4.69, 9.17) is 0 Å². The molecule has 3 aromatic carbocycles. The Balaban J connectivity index is 1.65. The molecule has 2 N–H and O–H groups in total. The topological polar surface area (TPSA) is 69.6 Å². The molecule has 0 bridgehead atoms. The summed E-state index contributed by atoms with van der Waals surface area (Å²) >= 11 is 0. The number of benzene rings is 3. The summed E-state index contributed by atoms with van der Waals surface area (Å²) in [6.07, 6.45) is 2.68. The zero-order chi connectivity index (χ0) is 26.6. The van der Waals surface area contributed by atoms with E-state index in [0.717, 1.165) is 40.7 Å². The second kappa shape index (κ2) is 11.2. The van der Waals surface area contributed by atoms with E-state index in [1.54, 1.807) is 12.1 Å². The molecular formula is C32H38N2O3. The third-order valence-electron chi connectivity index (χ3n) is 7.07. The molecule has 4 rings (SSSR count). The van der Waals surface area contributed by atoms with Gasteiger partial charge in [0.05, 0.1) is 0 Å². The van der Waals surface area contributed by atoms with Gasteiger partial charge in [-0.25, -0.2) is 0 Å². The lowest BCUT2D eigenvalue weighted by Gasteiger charge is -2.33. The molecular weight excluding hydrogens is 460 g/mol. The molecule has 0 saturated heterocycles. The summed E-state index contributed by atoms with van der Waals surface area (Å²) < 4.78 is 0. The molecule has 2 amide bonds. The number of carbonyl (C=O) groups is 2. The van der Waals surface area contributed by atoms with Crippen molar-refractivity contribution in [3.8, 4) is 5.75 Å². The van der Waals surface area contributed by atoms with E-state index in [1.165, 1.54) is 0 Å². The van der Waals surface area contributed by atoms with Gasteiger partial charge >= 0.3 is 0 Å². The first-order valence-corrected chi connectivity index (χ1v) is 13.2. The van der Waals surface area contributed by atoms with Gasteiger partial charge in [-0.05, 0) is 71.6 Å². The van der Waals surface area contributed by atoms with Crippen molar-refractivity contribution in [2.75, 3.05) is 0 Å². The van der Waals surface area contributed by atoms with Crippen molar-refractivity contribution in [1.29, 1.82) is 0 Å². The second-order valence-corrected chi connectivity index (χ2v) is 11.1. The SMILES string of the molecule is Cc1ccc(C(C)(C)C)cc1C(C(=O)NCc1ccccc1)N(C(=O)CCc1ccc(O)cc1)C1CC1. The van der Waals surface area contributed by atoms with Gasteiger partial charge in [0.1, 0.15) is 11.8 Å². The molecule has 1 aliphatic rings. The van der Waals surface area contributed by atoms with Gasteiger partial charge in [0.25, 0.3) is 0 Å². The molecule has 5 heteroatoms. The number of rotatable bonds is 9. The van der Waals surface area contributed by atoms with Crippen LogP contribution >= 0.6 is 0 Å². The summed E-state index contributed by atoms with van der Waals surface area (Å²) in [5.74, 6) is 0.0398. The largest absolute Gasteiger partial charge is 0.508 e. The number of phenolic OH excluding ortho intramolecular Hbond substituents is 1. The van der Waals surface area contributed by atoms with Crippen molar-refractivity contribution in [2.45, 2.75) is 77.4 Å². The third-order valence-corrected chi connectivity index (χ3v) is 7.07. The van der Waals surface area contributed by atoms with Crippen LogP contribution < -0.4 is 5.32 Å². The Morgan fingerprint density at radius 1 is 0.973 bits per heavy atom. The fourth-order valence-electron chi connectivity index (χ4n) is 4.65. The molecule has 0 radical (unpaired) electrons. The first-order chi connectivity index (χ1) is 17.6. The molecule has 0 aromatic heterocycles. The summed E-state index contributed by atoms with van der Waals surface area (Å²) in [6, 6.07) is 22.5. The highest BCUT2D eigenvalue weighted by molar-refractivity contribution is 5.89. The molecule has 0 spiro atoms. The molecule has 5 nitrogen and oxygen atoms in total. The van der Waals surface area contributed by atoms with Crippen LogP contribution in [0.25, 0.3) is 0 Å². The molecule has 0 aliphatic heterocycles. The van der Waals surface area contributed by atoms with Gasteiger partial charge in [0.2, 0.25) is 11.8 Å². The van der Waals surface area contributed by atoms with Crippen LogP contribution in [0.1, 0.15) is 73.9 Å². The average Bonchev–Trinajstić information content (AvgIpc) is 3.71. The highest BCUT2D eigenvalue weighted by atomic mass is 16.3. The van der Waals surface area contributed by atoms with E-state index in [9.17, 15) is 14.7 Å². The fourth-order valence-corrected chi connectivity index (χ4v) is 4.65. The van der Waals surface area contributed by atoms with E-state index in [1.807, 2.05) is 54.3 Å². The van der Waals surface area contributed by atoms with E-state index in [2.05, 4.69) is 44.3 Å². The number of nitrogens with one attached hydrogen (secondary N) is 1. The Labute approximate surface area is 220 Å². The van der Waals surface area contributed by atoms with Crippen LogP contribution in [-0.4, -0.2) is 27.9 Å². The standard InChI is InChI=1S/C32H38N2O3/c1-22-10-14-25(32(2,3)4)20-28(22)30(31(37)33-21-24-8-6-5-7-9-24)34(26-15-16-26)29(36)19-13-23-11-17-27(35)18-12-23/h5-12,14,17-18,20,26,30,35H,13,15-16,19,21H2,1-4H3,(H,33,37). The number of aromatic hydroxyl groups is 1. The normalized spacial score (nSPS) is 14.2. The number of phenols is 1. The number of carbonyl (C=O) groups excluding carboxylic acids is 2. The van der Waals surface area contributed by atoms with E-state index in [0.29, 0.717) is 19.4 Å². The van der Waals surface area contributed by atoms with Crippen molar-refractivity contribution < 1.29 is 14.7 Å². The highest BCUT2D eigenvalue weighted by Gasteiger charge is 2.41. The molecule has 37 heavy (non-hydrogen) atoms. The maximum absolute atomic E-state index is 13.9. The third kappa shape index (κ3) is 6.79. The minimum atomic E-state index is -0.689. The van der Waals surface area contributed by atoms with Crippen molar-refractivity contribution in [3.63, 3.8) is 0 Å². The minimum Gasteiger partial charge on any atom is -0.508 e. The van der Waals surface area contributed by atoms with Crippen LogP contribution in [0.4, 0.5) is 0 Å². The Morgan fingerprint density at radius 2 is 1.65 bits per heavy atom. The number of nitrogens with zero attached hydrogens (tertiary/aromatic N) is 1. The monoisotopic (exact) mass is 498 g/mol. The molecule has 3 aromatic rings. The van der Waals surface area contributed by atoms with Crippen LogP contribution in [0.15, 0.2) is 72.8 Å². The van der Waals surface area contributed by atoms with Gasteiger partial charge < -0.3 is 15.3 Å². The summed E-state index contributed by atoms with van der Waals surface area (Å²) in [6.45, 7) is 8.91. The Morgan fingerprint density at radius 3 is 2.27 bits per heavy atom. The van der Waals surface area contributed by atoms with Gasteiger partial charge in [-0.15, -0.1) is 0 Å². The zero-order valence-electron chi connectivity index (χ0n) is 22.3. The predicted octanol–water partition coefficient (Wildman–Crippen LogP) is 5.98. The summed E-state index contributed by atoms with van der Waals surface area (Å²) in [5.41, 5.74) is 4.96. The molecule has 1 saturated carbocycles. The van der Waals surface area contributed by atoms with Crippen molar-refractivity contribution in [1.82, 2.24) is 10.2 Å². The minimum absolute atomic E-state index is 0.0176. The first kappa shape index (κ1) is 26.5. The fraction of sp³-hybridized carbons (Fsp3) is 0.375. The van der Waals surface area contributed by atoms with Crippen molar-refractivity contribution in [3.05, 3.63) is 101 Å². The lowest BCUT2D eigenvalue weighted by atomic mass is 9.84. The number of hydrogen-bond donors (Lipinski definition) is 2. The highest BCUT2D eigenvalue weighted by Crippen LogP contribution is 2.38. The Bertz CT molecular complexity index is 1230. The number of aryl methyl sites for hydroxylation is 2. The van der Waals surface area contributed by atoms with Gasteiger partial charge in [-0.1, -0.05) is 81.4 Å². The van der Waals surface area contributed by atoms with Gasteiger partial charge in [-0.2, -0.15) is 0 Å². The molecule has 0 heterocycles. The van der Waals surface area contributed by atoms with Gasteiger partial charge in [0, 0.05) is 19.0 Å². The van der Waals surface area contributed by atoms with Crippen LogP contribution in [0.2, 0.25) is 0 Å². The Kier molecular flexibility index (Phi) is 8.01. The van der Waals surface area contributed by atoms with Crippen LogP contribution in [0.3, 0.4) is 0 Å². The van der Waals surface area contributed by atoms with Gasteiger partial charge in [-0.3, -0.25) is 9.59 Å². The predicted molar refractivity (Wildman–Crippen MR) is 147 cm³/mol. The van der Waals surface area contributed by atoms with E-state index >= 15 is 0 Å². The summed E-state index contributed by atoms with van der Waals surface area (Å²) in [7, 11) is 0. The maximum atomic E-state index is 13.9. The summed E-state index contributed by atoms with van der Waals surface area (Å²) in [4.78, 5) is 29.5. The van der Waals surface area contributed by atoms with Crippen LogP contribution in [0, 0.1) is 6.92 Å². The molecule has 1 aliphatic carbocycles. The Hall–Kier alpha value is -3.60. The van der Waals surface area contributed by atoms with Crippen LogP contribution in [0.5, 0.6) is 5.75 Å². The lowest BCUT2D eigenvalue weighted by molar-refractivity contribution is -0.141. The van der Waals surface area contributed by atoms with Crippen molar-refractivity contribution >= 4 is 11.8 Å². The van der Waals surface area contributed by atoms with Crippen LogP contribution in [-0.2, 0) is 28.0 Å². The zero-order valence-corrected chi connectivity index (χ0v) is 22.3. The lowest BCUT2D eigenvalue weighted by Crippen LogP contribution is -2.45. The number of amides is 2. The second-order valence-electron chi connectivity index (χ2n) is 11.1. The molecule has 194 valence electrons. The number of hydrogen-bond acceptors (Lipinski definition) is 3. The van der Waals surface area contributed by atoms with E-state index in [-0.39, 0.29) is 29.0 Å². The quantitative estimate of drug-likeness (QED) is 0.381. The molecule has 1 atom stereocenters. The van der Waals surface area contributed by atoms with E-state index < -0.39 is 6.04 Å². The molecule has 1 fully saturated rings. The molecule has 1 unspecified atom stereocenters. The van der Waals surface area contributed by atoms with Gasteiger partial charge in [0.15, 0.2) is 0 Å². The average molecular weight is 499 g/mol. The smallest absolute Gasteiger partial charge is 0.247 e. The first-order valence-electron chi connectivity index (χ1n) is 13.2. The summed E-state index contributed by atoms with van der Waals surface area (Å²) in [5, 5.41) is 12.7. The maximum Gasteiger partial charge on any atom is 0.247 e.